The van der Waals surface area contributed by atoms with Crippen molar-refractivity contribution in [2.24, 2.45) is 5.10 Å². The Morgan fingerprint density at radius 3 is 2.24 bits per heavy atom. The van der Waals surface area contributed by atoms with E-state index in [1.165, 1.54) is 57.8 Å². The van der Waals surface area contributed by atoms with Gasteiger partial charge in [0.15, 0.2) is 0 Å². The van der Waals surface area contributed by atoms with Crippen LogP contribution in [0.25, 0.3) is 11.3 Å². The minimum absolute atomic E-state index is 0.0332. The molecule has 0 aliphatic rings. The highest BCUT2D eigenvalue weighted by atomic mass is 16.5. The number of benzene rings is 2. The van der Waals surface area contributed by atoms with Gasteiger partial charge in [-0.05, 0) is 36.2 Å². The zero-order valence-electron chi connectivity index (χ0n) is 21.7. The second-order valence-corrected chi connectivity index (χ2v) is 9.09. The van der Waals surface area contributed by atoms with Gasteiger partial charge in [-0.3, -0.25) is 9.78 Å². The first-order chi connectivity index (χ1) is 18.2. The Morgan fingerprint density at radius 1 is 0.946 bits per heavy atom. The van der Waals surface area contributed by atoms with Crippen LogP contribution >= 0.6 is 0 Å². The summed E-state index contributed by atoms with van der Waals surface area (Å²) in [5.74, 6) is 1.00. The number of nitrogens with one attached hydrogen (secondary N) is 2. The highest BCUT2D eigenvalue weighted by Gasteiger charge is 2.12. The molecule has 7 nitrogen and oxygen atoms in total. The molecule has 0 bridgehead atoms. The van der Waals surface area contributed by atoms with Gasteiger partial charge in [0, 0.05) is 5.56 Å². The molecule has 0 radical (unpaired) electrons. The molecule has 2 aromatic carbocycles. The summed E-state index contributed by atoms with van der Waals surface area (Å²) in [4.78, 5) is 19.3. The highest BCUT2D eigenvalue weighted by molar-refractivity contribution is 5.80. The van der Waals surface area contributed by atoms with E-state index >= 15 is 0 Å². The molecule has 3 rings (SSSR count). The summed E-state index contributed by atoms with van der Waals surface area (Å²) in [5.41, 5.74) is 4.07. The fraction of sp³-hybridized carbons (Fsp3) is 0.400. The first-order valence-corrected chi connectivity index (χ1v) is 13.3. The topological polar surface area (TPSA) is 103 Å². The normalized spacial score (nSPS) is 10.9. The van der Waals surface area contributed by atoms with Crippen molar-refractivity contribution in [1.82, 2.24) is 9.97 Å². The van der Waals surface area contributed by atoms with Crippen LogP contribution in [0.1, 0.15) is 82.3 Å². The summed E-state index contributed by atoms with van der Waals surface area (Å²) in [6.07, 6.45) is 14.7. The van der Waals surface area contributed by atoms with Crippen LogP contribution in [0.2, 0.25) is 0 Å². The molecular weight excluding hydrogens is 462 g/mol. The van der Waals surface area contributed by atoms with E-state index in [2.05, 4.69) is 27.4 Å². The highest BCUT2D eigenvalue weighted by Crippen LogP contribution is 2.19. The number of unbranched alkanes of at least 4 members (excludes halogenated alkanes) is 9. The number of nitriles is 1. The van der Waals surface area contributed by atoms with Crippen LogP contribution in [0.4, 0.5) is 5.95 Å². The van der Waals surface area contributed by atoms with E-state index in [9.17, 15) is 10.1 Å². The number of ether oxygens (including phenoxy) is 1. The number of H-pyrrole nitrogens is 1. The van der Waals surface area contributed by atoms with Gasteiger partial charge in [-0.1, -0.05) is 95.0 Å². The third-order valence-corrected chi connectivity index (χ3v) is 6.11. The van der Waals surface area contributed by atoms with Crippen molar-refractivity contribution in [1.29, 1.82) is 5.26 Å². The molecule has 0 aliphatic heterocycles. The van der Waals surface area contributed by atoms with Crippen molar-refractivity contribution in [3.63, 3.8) is 0 Å². The van der Waals surface area contributed by atoms with E-state index in [-0.39, 0.29) is 11.5 Å². The summed E-state index contributed by atoms with van der Waals surface area (Å²) >= 11 is 0. The Bertz CT molecular complexity index is 1200. The summed E-state index contributed by atoms with van der Waals surface area (Å²) in [5, 5.41) is 13.5. The molecule has 0 amide bonds. The van der Waals surface area contributed by atoms with Crippen LogP contribution < -0.4 is 15.7 Å². The maximum absolute atomic E-state index is 12.3. The molecule has 37 heavy (non-hydrogen) atoms. The Labute approximate surface area is 219 Å². The number of aromatic amines is 1. The van der Waals surface area contributed by atoms with Crippen molar-refractivity contribution in [2.75, 3.05) is 12.0 Å². The SMILES string of the molecule is CCCCCCCCCCCCOc1ccc(C=NNc2nc(-c3ccccc3)c(C#N)c(=O)[nH]2)cc1. The van der Waals surface area contributed by atoms with Crippen molar-refractivity contribution in [3.8, 4) is 23.1 Å². The maximum atomic E-state index is 12.3. The number of rotatable bonds is 16. The molecule has 0 saturated heterocycles. The van der Waals surface area contributed by atoms with E-state index in [1.54, 1.807) is 18.3 Å². The van der Waals surface area contributed by atoms with Crippen molar-refractivity contribution >= 4 is 12.2 Å². The van der Waals surface area contributed by atoms with Crippen LogP contribution in [0, 0.1) is 11.3 Å². The Kier molecular flexibility index (Phi) is 11.9. The number of aromatic nitrogens is 2. The van der Waals surface area contributed by atoms with E-state index in [0.717, 1.165) is 24.3 Å². The average Bonchev–Trinajstić information content (AvgIpc) is 2.93. The average molecular weight is 500 g/mol. The summed E-state index contributed by atoms with van der Waals surface area (Å²) in [6.45, 7) is 2.99. The third kappa shape index (κ3) is 9.57. The molecule has 0 spiro atoms. The molecule has 0 unspecified atom stereocenters. The van der Waals surface area contributed by atoms with Crippen molar-refractivity contribution < 1.29 is 4.74 Å². The van der Waals surface area contributed by atoms with Gasteiger partial charge in [0.1, 0.15) is 17.4 Å². The van der Waals surface area contributed by atoms with Gasteiger partial charge in [-0.15, -0.1) is 0 Å². The van der Waals surface area contributed by atoms with Crippen molar-refractivity contribution in [3.05, 3.63) is 76.1 Å². The van der Waals surface area contributed by atoms with Crippen molar-refractivity contribution in [2.45, 2.75) is 71.1 Å². The number of hydrazone groups is 1. The molecular formula is C30H37N5O2. The van der Waals surface area contributed by atoms with Gasteiger partial charge >= 0.3 is 0 Å². The summed E-state index contributed by atoms with van der Waals surface area (Å²) < 4.78 is 5.86. The lowest BCUT2D eigenvalue weighted by Crippen LogP contribution is -2.16. The summed E-state index contributed by atoms with van der Waals surface area (Å²) in [7, 11) is 0. The van der Waals surface area contributed by atoms with E-state index < -0.39 is 5.56 Å². The minimum Gasteiger partial charge on any atom is -0.494 e. The quantitative estimate of drug-likeness (QED) is 0.125. The first kappa shape index (κ1) is 27.7. The predicted octanol–water partition coefficient (Wildman–Crippen LogP) is 7.05. The van der Waals surface area contributed by atoms with Crippen LogP contribution in [0.15, 0.2) is 64.5 Å². The smallest absolute Gasteiger partial charge is 0.270 e. The van der Waals surface area contributed by atoms with Gasteiger partial charge in [0.25, 0.3) is 5.56 Å². The predicted molar refractivity (Wildman–Crippen MR) is 150 cm³/mol. The van der Waals surface area contributed by atoms with Gasteiger partial charge in [0.2, 0.25) is 5.95 Å². The van der Waals surface area contributed by atoms with Gasteiger partial charge < -0.3 is 4.74 Å². The molecule has 0 atom stereocenters. The molecule has 3 aromatic rings. The molecule has 2 N–H and O–H groups in total. The zero-order valence-corrected chi connectivity index (χ0v) is 21.7. The fourth-order valence-corrected chi connectivity index (χ4v) is 4.03. The van der Waals surface area contributed by atoms with Crippen LogP contribution in [-0.4, -0.2) is 22.8 Å². The third-order valence-electron chi connectivity index (χ3n) is 6.11. The van der Waals surface area contributed by atoms with Gasteiger partial charge in [-0.25, -0.2) is 10.4 Å². The molecule has 7 heteroatoms. The lowest BCUT2D eigenvalue weighted by atomic mass is 10.1. The van der Waals surface area contributed by atoms with E-state index in [4.69, 9.17) is 4.74 Å². The van der Waals surface area contributed by atoms with Crippen LogP contribution in [0.3, 0.4) is 0 Å². The molecule has 1 heterocycles. The Morgan fingerprint density at radius 2 is 1.59 bits per heavy atom. The number of anilines is 1. The fourth-order valence-electron chi connectivity index (χ4n) is 4.03. The lowest BCUT2D eigenvalue weighted by molar-refractivity contribution is 0.304. The lowest BCUT2D eigenvalue weighted by Gasteiger charge is -2.07. The van der Waals surface area contributed by atoms with Crippen LogP contribution in [0.5, 0.6) is 5.75 Å². The monoisotopic (exact) mass is 499 g/mol. The van der Waals surface area contributed by atoms with Gasteiger partial charge in [0.05, 0.1) is 18.5 Å². The Hall–Kier alpha value is -3.92. The summed E-state index contributed by atoms with van der Waals surface area (Å²) in [6, 6.07) is 18.7. The van der Waals surface area contributed by atoms with E-state index in [1.807, 2.05) is 48.5 Å². The number of hydrogen-bond acceptors (Lipinski definition) is 6. The maximum Gasteiger partial charge on any atom is 0.270 e. The second-order valence-electron chi connectivity index (χ2n) is 9.09. The minimum atomic E-state index is -0.516. The standard InChI is InChI=1S/C30H37N5O2/c1-2-3-4-5-6-7-8-9-10-14-21-37-26-19-17-24(18-20-26)23-32-35-30-33-28(25-15-12-11-13-16-25)27(22-31)29(36)34-30/h11-13,15-20,23H,2-10,14,21H2,1H3,(H2,33,34,35,36). The Balaban J connectivity index is 1.41. The van der Waals surface area contributed by atoms with Crippen LogP contribution in [-0.2, 0) is 0 Å². The second kappa shape index (κ2) is 15.9. The van der Waals surface area contributed by atoms with E-state index in [0.29, 0.717) is 11.3 Å². The molecule has 0 fully saturated rings. The molecule has 1 aromatic heterocycles. The molecule has 194 valence electrons. The number of nitrogens with zero attached hydrogens (tertiary/aromatic N) is 3. The van der Waals surface area contributed by atoms with Gasteiger partial charge in [-0.2, -0.15) is 10.4 Å². The first-order valence-electron chi connectivity index (χ1n) is 13.3. The number of hydrogen-bond donors (Lipinski definition) is 2. The molecule has 0 aliphatic carbocycles. The largest absolute Gasteiger partial charge is 0.494 e. The molecule has 0 saturated carbocycles. The zero-order chi connectivity index (χ0) is 26.1.